The van der Waals surface area contributed by atoms with Gasteiger partial charge in [-0.1, -0.05) is 11.9 Å². The van der Waals surface area contributed by atoms with Gasteiger partial charge in [-0.3, -0.25) is 4.90 Å². The van der Waals surface area contributed by atoms with E-state index in [2.05, 4.69) is 54.0 Å². The van der Waals surface area contributed by atoms with Crippen LogP contribution in [0.3, 0.4) is 0 Å². The Balaban J connectivity index is 1.84. The van der Waals surface area contributed by atoms with Crippen LogP contribution in [0.5, 0.6) is 0 Å². The lowest BCUT2D eigenvalue weighted by molar-refractivity contribution is 0.148. The number of hydrogen-bond acceptors (Lipinski definition) is 5. The average Bonchev–Trinajstić information content (AvgIpc) is 2.86. The lowest BCUT2D eigenvalue weighted by atomic mass is 10.00. The molecule has 4 nitrogen and oxygen atoms in total. The number of ether oxygens (including phenoxy) is 1. The molecule has 2 aliphatic rings. The van der Waals surface area contributed by atoms with Crippen LogP contribution in [0.1, 0.15) is 33.1 Å². The maximum absolute atomic E-state index is 5.56. The first-order valence-electron chi connectivity index (χ1n) is 8.92. The molecule has 0 aromatic carbocycles. The Morgan fingerprint density at radius 1 is 1.18 bits per heavy atom. The molecular weight excluding hydrogens is 294 g/mol. The van der Waals surface area contributed by atoms with Gasteiger partial charge in [0.2, 0.25) is 0 Å². The summed E-state index contributed by atoms with van der Waals surface area (Å²) in [5.41, 5.74) is 0. The number of likely N-dealkylation sites (N-methyl/N-ethyl adjacent to an activating group) is 1. The molecule has 0 saturated carbocycles. The zero-order valence-corrected chi connectivity index (χ0v) is 15.8. The Kier molecular flexibility index (Phi) is 7.98. The Hall–Kier alpha value is 0.190. The van der Waals surface area contributed by atoms with Crippen molar-refractivity contribution in [2.45, 2.75) is 45.2 Å². The van der Waals surface area contributed by atoms with Crippen molar-refractivity contribution < 1.29 is 4.74 Å². The van der Waals surface area contributed by atoms with Gasteiger partial charge in [0, 0.05) is 44.1 Å². The van der Waals surface area contributed by atoms with E-state index in [1.807, 2.05) is 0 Å². The lowest BCUT2D eigenvalue weighted by Crippen LogP contribution is -2.42. The van der Waals surface area contributed by atoms with Crippen LogP contribution in [0.15, 0.2) is 0 Å². The lowest BCUT2D eigenvalue weighted by Gasteiger charge is -2.31. The van der Waals surface area contributed by atoms with E-state index in [1.165, 1.54) is 44.6 Å². The number of rotatable bonds is 5. The second-order valence-corrected chi connectivity index (χ2v) is 8.40. The van der Waals surface area contributed by atoms with E-state index in [-0.39, 0.29) is 0 Å². The highest BCUT2D eigenvalue weighted by Gasteiger charge is 2.27. The van der Waals surface area contributed by atoms with Gasteiger partial charge in [-0.2, -0.15) is 0 Å². The molecule has 2 fully saturated rings. The van der Waals surface area contributed by atoms with Gasteiger partial charge >= 0.3 is 0 Å². The molecule has 2 rings (SSSR count). The summed E-state index contributed by atoms with van der Waals surface area (Å²) in [7, 11) is 4.48. The first-order chi connectivity index (χ1) is 10.6. The van der Waals surface area contributed by atoms with Gasteiger partial charge in [0.25, 0.3) is 0 Å². The van der Waals surface area contributed by atoms with Crippen LogP contribution < -0.4 is 0 Å². The van der Waals surface area contributed by atoms with Crippen molar-refractivity contribution in [2.24, 2.45) is 5.92 Å². The zero-order chi connectivity index (χ0) is 15.9. The maximum Gasteiger partial charge on any atom is 0.0602 e. The van der Waals surface area contributed by atoms with Gasteiger partial charge < -0.3 is 9.64 Å². The van der Waals surface area contributed by atoms with Crippen molar-refractivity contribution in [2.75, 3.05) is 59.2 Å². The molecule has 2 heterocycles. The third-order valence-electron chi connectivity index (χ3n) is 5.01. The first-order valence-corrected chi connectivity index (χ1v) is 9.86. The Labute approximate surface area is 141 Å². The zero-order valence-electron chi connectivity index (χ0n) is 15.0. The molecule has 2 aliphatic heterocycles. The first kappa shape index (κ1) is 18.5. The highest BCUT2D eigenvalue weighted by molar-refractivity contribution is 7.97. The molecule has 2 saturated heterocycles. The van der Waals surface area contributed by atoms with Crippen LogP contribution in [-0.4, -0.2) is 85.4 Å². The van der Waals surface area contributed by atoms with E-state index in [4.69, 9.17) is 4.74 Å². The second-order valence-electron chi connectivity index (χ2n) is 7.29. The molecule has 0 aromatic rings. The van der Waals surface area contributed by atoms with Crippen molar-refractivity contribution in [3.63, 3.8) is 0 Å². The molecule has 2 unspecified atom stereocenters. The summed E-state index contributed by atoms with van der Waals surface area (Å²) < 4.78 is 8.09. The van der Waals surface area contributed by atoms with Crippen LogP contribution in [0, 0.1) is 5.92 Å². The molecule has 130 valence electrons. The van der Waals surface area contributed by atoms with Gasteiger partial charge in [0.15, 0.2) is 0 Å². The summed E-state index contributed by atoms with van der Waals surface area (Å²) in [5.74, 6) is 2.11. The predicted molar refractivity (Wildman–Crippen MR) is 96.4 cm³/mol. The van der Waals surface area contributed by atoms with Crippen molar-refractivity contribution in [1.29, 1.82) is 0 Å². The Morgan fingerprint density at radius 3 is 2.73 bits per heavy atom. The number of hydrogen-bond donors (Lipinski definition) is 0. The van der Waals surface area contributed by atoms with E-state index in [0.29, 0.717) is 12.1 Å². The van der Waals surface area contributed by atoms with Gasteiger partial charge in [0.1, 0.15) is 0 Å². The fourth-order valence-electron chi connectivity index (χ4n) is 3.35. The molecule has 0 bridgehead atoms. The van der Waals surface area contributed by atoms with Crippen LogP contribution in [0.25, 0.3) is 0 Å². The molecular formula is C17H35N3OS. The summed E-state index contributed by atoms with van der Waals surface area (Å²) in [6.45, 7) is 11.3. The monoisotopic (exact) mass is 329 g/mol. The van der Waals surface area contributed by atoms with Crippen LogP contribution >= 0.6 is 11.9 Å². The maximum atomic E-state index is 5.56. The molecule has 0 spiro atoms. The van der Waals surface area contributed by atoms with E-state index in [0.717, 1.165) is 25.7 Å². The molecule has 5 heteroatoms. The molecule has 0 aromatic heterocycles. The summed E-state index contributed by atoms with van der Waals surface area (Å²) >= 11 is 2.07. The van der Waals surface area contributed by atoms with Gasteiger partial charge in [0.05, 0.1) is 6.61 Å². The van der Waals surface area contributed by atoms with Gasteiger partial charge in [-0.05, 0) is 59.7 Å². The molecule has 22 heavy (non-hydrogen) atoms. The van der Waals surface area contributed by atoms with Gasteiger partial charge in [-0.25, -0.2) is 4.31 Å². The van der Waals surface area contributed by atoms with Crippen molar-refractivity contribution in [3.05, 3.63) is 0 Å². The van der Waals surface area contributed by atoms with E-state index in [1.54, 1.807) is 0 Å². The topological polar surface area (TPSA) is 19.0 Å². The number of nitrogens with zero attached hydrogens (tertiary/aromatic N) is 3. The minimum absolute atomic E-state index is 0.664. The molecule has 2 atom stereocenters. The van der Waals surface area contributed by atoms with Crippen LogP contribution in [0.4, 0.5) is 0 Å². The van der Waals surface area contributed by atoms with Crippen molar-refractivity contribution in [3.8, 4) is 0 Å². The van der Waals surface area contributed by atoms with E-state index in [9.17, 15) is 0 Å². The van der Waals surface area contributed by atoms with Crippen molar-refractivity contribution in [1.82, 2.24) is 14.1 Å². The molecule has 0 radical (unpaired) electrons. The minimum Gasteiger partial charge on any atom is -0.380 e. The quantitative estimate of drug-likeness (QED) is 0.719. The van der Waals surface area contributed by atoms with Gasteiger partial charge in [-0.15, -0.1) is 0 Å². The minimum atomic E-state index is 0.664. The fourth-order valence-corrected chi connectivity index (χ4v) is 4.53. The third kappa shape index (κ3) is 6.00. The highest BCUT2D eigenvalue weighted by Crippen LogP contribution is 2.26. The third-order valence-corrected chi connectivity index (χ3v) is 6.36. The summed E-state index contributed by atoms with van der Waals surface area (Å²) in [5, 5.41) is 0. The van der Waals surface area contributed by atoms with Crippen molar-refractivity contribution >= 4 is 11.9 Å². The van der Waals surface area contributed by atoms with E-state index >= 15 is 0 Å². The number of likely N-dealkylation sites (tertiary alicyclic amines) is 1. The Morgan fingerprint density at radius 2 is 2.00 bits per heavy atom. The molecule has 0 N–H and O–H groups in total. The molecule has 0 aliphatic carbocycles. The SMILES string of the molecule is CC(C)N1CCC(CSN2CCCOCC2)CC(N(C)C)C1. The smallest absolute Gasteiger partial charge is 0.0602 e. The van der Waals surface area contributed by atoms with E-state index < -0.39 is 0 Å². The van der Waals surface area contributed by atoms with Crippen LogP contribution in [0.2, 0.25) is 0 Å². The largest absolute Gasteiger partial charge is 0.380 e. The highest BCUT2D eigenvalue weighted by atomic mass is 32.2. The second kappa shape index (κ2) is 9.48. The fraction of sp³-hybridized carbons (Fsp3) is 1.00. The average molecular weight is 330 g/mol. The Bertz CT molecular complexity index is 306. The summed E-state index contributed by atoms with van der Waals surface area (Å²) in [6.07, 6.45) is 3.87. The van der Waals surface area contributed by atoms with Crippen LogP contribution in [-0.2, 0) is 4.74 Å². The summed E-state index contributed by atoms with van der Waals surface area (Å²) in [6, 6.07) is 1.36. The predicted octanol–water partition coefficient (Wildman–Crippen LogP) is 2.41. The molecule has 0 amide bonds. The summed E-state index contributed by atoms with van der Waals surface area (Å²) in [4.78, 5) is 5.09. The normalized spacial score (nSPS) is 29.7. The standard InChI is InChI=1S/C17H35N3OS/c1-15(2)19-8-6-16(12-17(13-19)18(3)4)14-22-20-7-5-10-21-11-9-20/h15-17H,5-14H2,1-4H3.